The number of hydrogen-bond donors (Lipinski definition) is 1. The van der Waals surface area contributed by atoms with E-state index in [1.54, 1.807) is 0 Å². The summed E-state index contributed by atoms with van der Waals surface area (Å²) in [6.45, 7) is 2.03. The molecule has 0 saturated heterocycles. The molecular weight excluding hydrogens is 347 g/mol. The van der Waals surface area contributed by atoms with E-state index in [1.165, 1.54) is 0 Å². The van der Waals surface area contributed by atoms with E-state index in [0.29, 0.717) is 11.3 Å². The monoisotopic (exact) mass is 360 g/mol. The Balaban J connectivity index is 2.63. The van der Waals surface area contributed by atoms with Gasteiger partial charge in [-0.15, -0.1) is 0 Å². The van der Waals surface area contributed by atoms with Crippen LogP contribution in [0.1, 0.15) is 16.7 Å². The van der Waals surface area contributed by atoms with Gasteiger partial charge in [0.1, 0.15) is 6.07 Å². The number of allylic oxidation sites excluding steroid dienone is 1. The second-order valence-electron chi connectivity index (χ2n) is 4.20. The predicted octanol–water partition coefficient (Wildman–Crippen LogP) is 3.95. The molecule has 2 N–H and O–H groups in total. The molecule has 0 fully saturated rings. The fourth-order valence-corrected chi connectivity index (χ4v) is 2.53. The molecule has 0 bridgehead atoms. The highest BCUT2D eigenvalue weighted by molar-refractivity contribution is 14.1. The van der Waals surface area contributed by atoms with Crippen molar-refractivity contribution in [2.75, 3.05) is 0 Å². The van der Waals surface area contributed by atoms with E-state index in [2.05, 4.69) is 28.7 Å². The van der Waals surface area contributed by atoms with E-state index in [9.17, 15) is 5.26 Å². The molecule has 0 saturated carbocycles. The Morgan fingerprint density at radius 1 is 1.11 bits per heavy atom. The molecule has 0 spiro atoms. The van der Waals surface area contributed by atoms with Gasteiger partial charge in [-0.3, -0.25) is 0 Å². The summed E-state index contributed by atoms with van der Waals surface area (Å²) >= 11 is 2.27. The molecule has 0 aliphatic carbocycles. The first-order valence-corrected chi connectivity index (χ1v) is 6.93. The van der Waals surface area contributed by atoms with Crippen LogP contribution in [0, 0.1) is 21.8 Å². The summed E-state index contributed by atoms with van der Waals surface area (Å²) in [4.78, 5) is 0. The maximum absolute atomic E-state index is 9.38. The van der Waals surface area contributed by atoms with Crippen LogP contribution in [0.4, 0.5) is 0 Å². The number of rotatable bonds is 2. The highest BCUT2D eigenvalue weighted by Crippen LogP contribution is 2.27. The van der Waals surface area contributed by atoms with Crippen LogP contribution in [0.25, 0.3) is 11.3 Å². The van der Waals surface area contributed by atoms with E-state index < -0.39 is 0 Å². The number of nitrogens with zero attached hydrogens (tertiary/aromatic N) is 1. The zero-order valence-electron chi connectivity index (χ0n) is 10.5. The molecule has 0 atom stereocenters. The van der Waals surface area contributed by atoms with Crippen molar-refractivity contribution < 1.29 is 0 Å². The van der Waals surface area contributed by atoms with E-state index in [0.717, 1.165) is 20.3 Å². The van der Waals surface area contributed by atoms with Crippen LogP contribution in [0.5, 0.6) is 0 Å². The lowest BCUT2D eigenvalue weighted by Crippen LogP contribution is -2.03. The fraction of sp³-hybridized carbons (Fsp3) is 0.0625. The molecule has 0 aromatic heterocycles. The van der Waals surface area contributed by atoms with Crippen molar-refractivity contribution in [1.82, 2.24) is 0 Å². The minimum Gasteiger partial charge on any atom is -0.397 e. The Hall–Kier alpha value is -1.80. The van der Waals surface area contributed by atoms with Crippen LogP contribution in [-0.2, 0) is 0 Å². The Morgan fingerprint density at radius 3 is 2.42 bits per heavy atom. The lowest BCUT2D eigenvalue weighted by atomic mass is 10.00. The van der Waals surface area contributed by atoms with Crippen molar-refractivity contribution >= 4 is 33.9 Å². The van der Waals surface area contributed by atoms with Gasteiger partial charge < -0.3 is 5.73 Å². The zero-order valence-corrected chi connectivity index (χ0v) is 12.7. The molecular formula is C16H13IN2. The highest BCUT2D eigenvalue weighted by atomic mass is 127. The molecule has 0 heterocycles. The first-order chi connectivity index (χ1) is 9.15. The van der Waals surface area contributed by atoms with Crippen molar-refractivity contribution in [3.63, 3.8) is 0 Å². The van der Waals surface area contributed by atoms with Crippen LogP contribution in [0.3, 0.4) is 0 Å². The van der Waals surface area contributed by atoms with Crippen LogP contribution >= 0.6 is 22.6 Å². The normalized spacial score (nSPS) is 11.6. The number of nitrogens with two attached hydrogens (primary N) is 1. The van der Waals surface area contributed by atoms with E-state index in [1.807, 2.05) is 55.5 Å². The fourth-order valence-electron chi connectivity index (χ4n) is 1.88. The average Bonchev–Trinajstić information content (AvgIpc) is 2.44. The minimum atomic E-state index is 0.518. The number of benzene rings is 2. The average molecular weight is 360 g/mol. The number of hydrogen-bond acceptors (Lipinski definition) is 2. The number of aryl methyl sites for hydroxylation is 1. The molecule has 0 radical (unpaired) electrons. The SMILES string of the molecule is Cc1cccc(/C(N)=C(/C#N)c2ccccc2)c1I. The van der Waals surface area contributed by atoms with Crippen molar-refractivity contribution in [3.8, 4) is 6.07 Å². The Morgan fingerprint density at radius 2 is 1.79 bits per heavy atom. The molecule has 0 unspecified atom stereocenters. The highest BCUT2D eigenvalue weighted by Gasteiger charge is 2.11. The van der Waals surface area contributed by atoms with Gasteiger partial charge in [0.15, 0.2) is 0 Å². The van der Waals surface area contributed by atoms with Crippen molar-refractivity contribution in [2.45, 2.75) is 6.92 Å². The molecule has 2 aromatic carbocycles. The van der Waals surface area contributed by atoms with E-state index >= 15 is 0 Å². The maximum Gasteiger partial charge on any atom is 0.102 e. The van der Waals surface area contributed by atoms with E-state index in [4.69, 9.17) is 5.73 Å². The number of nitriles is 1. The first-order valence-electron chi connectivity index (χ1n) is 5.86. The number of halogens is 1. The zero-order chi connectivity index (χ0) is 13.8. The van der Waals surface area contributed by atoms with Gasteiger partial charge in [0.2, 0.25) is 0 Å². The summed E-state index contributed by atoms with van der Waals surface area (Å²) in [5.41, 5.74) is 10.2. The Kier molecular flexibility index (Phi) is 4.23. The summed E-state index contributed by atoms with van der Waals surface area (Å²) < 4.78 is 1.08. The van der Waals surface area contributed by atoms with Crippen LogP contribution in [-0.4, -0.2) is 0 Å². The quantitative estimate of drug-likeness (QED) is 0.501. The predicted molar refractivity (Wildman–Crippen MR) is 87.0 cm³/mol. The second kappa shape index (κ2) is 5.89. The first kappa shape index (κ1) is 13.6. The summed E-state index contributed by atoms with van der Waals surface area (Å²) in [6.07, 6.45) is 0. The van der Waals surface area contributed by atoms with Crippen LogP contribution in [0.15, 0.2) is 48.5 Å². The lowest BCUT2D eigenvalue weighted by molar-refractivity contribution is 1.38. The van der Waals surface area contributed by atoms with Crippen molar-refractivity contribution in [1.29, 1.82) is 5.26 Å². The van der Waals surface area contributed by atoms with E-state index in [-0.39, 0.29) is 0 Å². The van der Waals surface area contributed by atoms with Crippen LogP contribution < -0.4 is 5.73 Å². The van der Waals surface area contributed by atoms with Gasteiger partial charge in [-0.2, -0.15) is 5.26 Å². The van der Waals surface area contributed by atoms with Crippen LogP contribution in [0.2, 0.25) is 0 Å². The summed E-state index contributed by atoms with van der Waals surface area (Å²) in [6, 6.07) is 17.7. The third-order valence-electron chi connectivity index (χ3n) is 2.93. The standard InChI is InChI=1S/C16H13IN2/c1-11-6-5-9-13(15(11)17)16(19)14(10-18)12-7-3-2-4-8-12/h2-9H,19H2,1H3/b16-14+. The van der Waals surface area contributed by atoms with Gasteiger partial charge in [0.25, 0.3) is 0 Å². The van der Waals surface area contributed by atoms with Gasteiger partial charge >= 0.3 is 0 Å². The maximum atomic E-state index is 9.38. The third-order valence-corrected chi connectivity index (χ3v) is 4.36. The summed E-state index contributed by atoms with van der Waals surface area (Å²) in [7, 11) is 0. The Bertz CT molecular complexity index is 667. The molecule has 0 aliphatic rings. The van der Waals surface area contributed by atoms with Gasteiger partial charge in [0.05, 0.1) is 11.3 Å². The molecule has 2 aromatic rings. The van der Waals surface area contributed by atoms with Gasteiger partial charge in [-0.25, -0.2) is 0 Å². The smallest absolute Gasteiger partial charge is 0.102 e. The molecule has 3 heteroatoms. The van der Waals surface area contributed by atoms with Gasteiger partial charge in [-0.1, -0.05) is 48.5 Å². The van der Waals surface area contributed by atoms with Crippen molar-refractivity contribution in [2.24, 2.45) is 5.73 Å². The molecule has 2 rings (SSSR count). The second-order valence-corrected chi connectivity index (χ2v) is 5.28. The summed E-state index contributed by atoms with van der Waals surface area (Å²) in [5, 5.41) is 9.38. The topological polar surface area (TPSA) is 49.8 Å². The summed E-state index contributed by atoms with van der Waals surface area (Å²) in [5.74, 6) is 0. The lowest BCUT2D eigenvalue weighted by Gasteiger charge is -2.10. The Labute approximate surface area is 126 Å². The molecule has 2 nitrogen and oxygen atoms in total. The molecule has 19 heavy (non-hydrogen) atoms. The molecule has 0 amide bonds. The third kappa shape index (κ3) is 2.79. The van der Waals surface area contributed by atoms with Crippen molar-refractivity contribution in [3.05, 3.63) is 68.8 Å². The molecule has 0 aliphatic heterocycles. The van der Waals surface area contributed by atoms with Gasteiger partial charge in [-0.05, 0) is 40.6 Å². The minimum absolute atomic E-state index is 0.518. The largest absolute Gasteiger partial charge is 0.397 e. The van der Waals surface area contributed by atoms with Gasteiger partial charge in [0, 0.05) is 9.13 Å². The molecule has 94 valence electrons.